The Morgan fingerprint density at radius 3 is 2.31 bits per heavy atom. The Balaban J connectivity index is 1.63. The topological polar surface area (TPSA) is 88.1 Å². The number of nitrogens with one attached hydrogen (secondary N) is 1. The fraction of sp³-hybridized carbons (Fsp3) is 0.0417. The normalized spacial score (nSPS) is 15.0. The van der Waals surface area contributed by atoms with Crippen molar-refractivity contribution in [1.29, 1.82) is 0 Å². The number of aromatic hydroxyl groups is 1. The Hall–Kier alpha value is -4.17. The molecule has 1 heterocycles. The van der Waals surface area contributed by atoms with E-state index in [4.69, 9.17) is 21.7 Å². The number of amides is 2. The maximum Gasteiger partial charge on any atom is 0.270 e. The first kappa shape index (κ1) is 21.1. The summed E-state index contributed by atoms with van der Waals surface area (Å²) in [4.78, 5) is 26.8. The zero-order valence-corrected chi connectivity index (χ0v) is 17.8. The number of hydrogen-bond donors (Lipinski definition) is 2. The Morgan fingerprint density at radius 1 is 0.938 bits per heavy atom. The first-order chi connectivity index (χ1) is 15.5. The predicted molar refractivity (Wildman–Crippen MR) is 124 cm³/mol. The Morgan fingerprint density at radius 2 is 1.62 bits per heavy atom. The lowest BCUT2D eigenvalue weighted by Crippen LogP contribution is -2.54. The zero-order valence-electron chi connectivity index (χ0n) is 16.9. The lowest BCUT2D eigenvalue weighted by atomic mass is 10.1. The van der Waals surface area contributed by atoms with E-state index in [0.29, 0.717) is 17.2 Å². The summed E-state index contributed by atoms with van der Waals surface area (Å²) in [6, 6.07) is 20.8. The van der Waals surface area contributed by atoms with Crippen LogP contribution in [0.25, 0.3) is 6.08 Å². The number of methoxy groups -OCH3 is 1. The third kappa shape index (κ3) is 4.17. The van der Waals surface area contributed by atoms with Crippen LogP contribution in [0, 0.1) is 0 Å². The fourth-order valence-corrected chi connectivity index (χ4v) is 3.44. The molecule has 0 aromatic heterocycles. The number of thiocarbonyl (C=S) groups is 1. The molecular weight excluding hydrogens is 428 g/mol. The van der Waals surface area contributed by atoms with Crippen molar-refractivity contribution in [3.8, 4) is 23.0 Å². The van der Waals surface area contributed by atoms with Gasteiger partial charge < -0.3 is 14.6 Å². The van der Waals surface area contributed by atoms with Gasteiger partial charge in [0.25, 0.3) is 11.8 Å². The van der Waals surface area contributed by atoms with Gasteiger partial charge in [-0.15, -0.1) is 0 Å². The molecule has 8 heteroatoms. The molecule has 1 aliphatic rings. The third-order valence-electron chi connectivity index (χ3n) is 4.73. The number of phenols is 1. The van der Waals surface area contributed by atoms with Gasteiger partial charge in [0.15, 0.2) is 16.6 Å². The molecule has 0 radical (unpaired) electrons. The van der Waals surface area contributed by atoms with Crippen LogP contribution in [-0.2, 0) is 9.59 Å². The zero-order chi connectivity index (χ0) is 22.7. The highest BCUT2D eigenvalue weighted by atomic mass is 32.1. The molecule has 4 rings (SSSR count). The summed E-state index contributed by atoms with van der Waals surface area (Å²) in [5.74, 6) is 0.0478. The number of nitrogens with zero attached hydrogens (tertiary/aromatic N) is 1. The maximum atomic E-state index is 13.2. The number of carbonyl (C=O) groups is 2. The van der Waals surface area contributed by atoms with Crippen molar-refractivity contribution in [3.63, 3.8) is 0 Å². The van der Waals surface area contributed by atoms with Crippen LogP contribution in [0.4, 0.5) is 5.69 Å². The molecule has 2 amide bonds. The van der Waals surface area contributed by atoms with Crippen molar-refractivity contribution in [2.24, 2.45) is 0 Å². The highest BCUT2D eigenvalue weighted by Crippen LogP contribution is 2.32. The second-order valence-corrected chi connectivity index (χ2v) is 7.15. The summed E-state index contributed by atoms with van der Waals surface area (Å²) in [6.45, 7) is 0. The van der Waals surface area contributed by atoms with Crippen LogP contribution in [0.15, 0.2) is 78.4 Å². The van der Waals surface area contributed by atoms with Crippen molar-refractivity contribution in [3.05, 3.63) is 83.9 Å². The quantitative estimate of drug-likeness (QED) is 0.350. The second kappa shape index (κ2) is 8.91. The number of rotatable bonds is 5. The van der Waals surface area contributed by atoms with E-state index < -0.39 is 11.8 Å². The van der Waals surface area contributed by atoms with Gasteiger partial charge >= 0.3 is 0 Å². The van der Waals surface area contributed by atoms with E-state index in [9.17, 15) is 14.7 Å². The van der Waals surface area contributed by atoms with E-state index >= 15 is 0 Å². The van der Waals surface area contributed by atoms with E-state index in [1.165, 1.54) is 18.1 Å². The number of benzene rings is 3. The monoisotopic (exact) mass is 446 g/mol. The van der Waals surface area contributed by atoms with Crippen LogP contribution in [-0.4, -0.2) is 29.1 Å². The van der Waals surface area contributed by atoms with Crippen LogP contribution in [0.3, 0.4) is 0 Å². The Bertz CT molecular complexity index is 1220. The van der Waals surface area contributed by atoms with Gasteiger partial charge in [0.05, 0.1) is 12.8 Å². The number of ether oxygens (including phenoxy) is 2. The Kier molecular flexibility index (Phi) is 5.87. The lowest BCUT2D eigenvalue weighted by Gasteiger charge is -2.29. The molecule has 0 spiro atoms. The molecule has 2 N–H and O–H groups in total. The minimum Gasteiger partial charge on any atom is -0.504 e. The lowest BCUT2D eigenvalue weighted by molar-refractivity contribution is -0.122. The van der Waals surface area contributed by atoms with Crippen LogP contribution in [0.2, 0.25) is 0 Å². The molecule has 7 nitrogen and oxygen atoms in total. The average Bonchev–Trinajstić information content (AvgIpc) is 2.79. The molecule has 32 heavy (non-hydrogen) atoms. The molecule has 3 aromatic carbocycles. The van der Waals surface area contributed by atoms with Gasteiger partial charge in [0.1, 0.15) is 17.1 Å². The van der Waals surface area contributed by atoms with Crippen molar-refractivity contribution < 1.29 is 24.2 Å². The summed E-state index contributed by atoms with van der Waals surface area (Å²) in [7, 11) is 1.41. The first-order valence-electron chi connectivity index (χ1n) is 9.58. The molecule has 0 aliphatic carbocycles. The third-order valence-corrected chi connectivity index (χ3v) is 5.01. The van der Waals surface area contributed by atoms with Gasteiger partial charge in [-0.3, -0.25) is 19.8 Å². The molecule has 1 fully saturated rings. The number of para-hydroxylation sites is 2. The summed E-state index contributed by atoms with van der Waals surface area (Å²) in [5, 5.41) is 12.8. The molecular formula is C24H18N2O5S. The van der Waals surface area contributed by atoms with Crippen LogP contribution >= 0.6 is 12.2 Å². The molecule has 0 unspecified atom stereocenters. The maximum absolute atomic E-state index is 13.2. The van der Waals surface area contributed by atoms with Gasteiger partial charge in [-0.05, 0) is 60.8 Å². The summed E-state index contributed by atoms with van der Waals surface area (Å²) in [6.07, 6.45) is 1.30. The van der Waals surface area contributed by atoms with E-state index in [1.54, 1.807) is 42.5 Å². The molecule has 0 bridgehead atoms. The largest absolute Gasteiger partial charge is 0.504 e. The van der Waals surface area contributed by atoms with Gasteiger partial charge in [0.2, 0.25) is 0 Å². The highest BCUT2D eigenvalue weighted by Gasteiger charge is 2.34. The molecule has 1 saturated heterocycles. The van der Waals surface area contributed by atoms with Crippen LogP contribution in [0.1, 0.15) is 5.56 Å². The number of phenolic OH excluding ortho intramolecular Hbond substituents is 1. The minimum atomic E-state index is -0.650. The summed E-state index contributed by atoms with van der Waals surface area (Å²) in [5.41, 5.74) is 0.551. The number of anilines is 1. The molecule has 3 aromatic rings. The van der Waals surface area contributed by atoms with Crippen LogP contribution in [0.5, 0.6) is 23.0 Å². The summed E-state index contributed by atoms with van der Waals surface area (Å²) < 4.78 is 10.9. The molecule has 0 saturated carbocycles. The van der Waals surface area contributed by atoms with E-state index in [1.807, 2.05) is 30.3 Å². The van der Waals surface area contributed by atoms with Crippen molar-refractivity contribution >= 4 is 40.9 Å². The standard InChI is InChI=1S/C24H18N2O5S/c1-30-20-9-5-6-15(21(20)27)14-19-22(28)25-24(32)26(23(19)29)16-10-12-18(13-11-16)31-17-7-3-2-4-8-17/h2-14,27H,1H3,(H,25,28,32)/b19-14+. The van der Waals surface area contributed by atoms with E-state index in [-0.39, 0.29) is 27.7 Å². The van der Waals surface area contributed by atoms with E-state index in [0.717, 1.165) is 0 Å². The summed E-state index contributed by atoms with van der Waals surface area (Å²) >= 11 is 5.23. The number of carbonyl (C=O) groups excluding carboxylic acids is 2. The second-order valence-electron chi connectivity index (χ2n) is 6.76. The van der Waals surface area contributed by atoms with Crippen LogP contribution < -0.4 is 19.7 Å². The van der Waals surface area contributed by atoms with Gasteiger partial charge in [-0.2, -0.15) is 0 Å². The molecule has 160 valence electrons. The Labute approximate surface area is 189 Å². The average molecular weight is 446 g/mol. The van der Waals surface area contributed by atoms with Crippen molar-refractivity contribution in [1.82, 2.24) is 5.32 Å². The predicted octanol–water partition coefficient (Wildman–Crippen LogP) is 4.02. The first-order valence-corrected chi connectivity index (χ1v) is 9.99. The van der Waals surface area contributed by atoms with Gasteiger partial charge in [-0.1, -0.05) is 30.3 Å². The van der Waals surface area contributed by atoms with Crippen molar-refractivity contribution in [2.45, 2.75) is 0 Å². The van der Waals surface area contributed by atoms with Gasteiger partial charge in [0, 0.05) is 5.56 Å². The molecule has 0 atom stereocenters. The minimum absolute atomic E-state index is 0.0382. The molecule has 1 aliphatic heterocycles. The van der Waals surface area contributed by atoms with E-state index in [2.05, 4.69) is 5.32 Å². The number of hydrogen-bond acceptors (Lipinski definition) is 6. The van der Waals surface area contributed by atoms with Gasteiger partial charge in [-0.25, -0.2) is 0 Å². The SMILES string of the molecule is COc1cccc(/C=C2\C(=O)NC(=S)N(c3ccc(Oc4ccccc4)cc3)C2=O)c1O. The fourth-order valence-electron chi connectivity index (χ4n) is 3.16. The highest BCUT2D eigenvalue weighted by molar-refractivity contribution is 7.80. The smallest absolute Gasteiger partial charge is 0.270 e. The van der Waals surface area contributed by atoms with Crippen molar-refractivity contribution in [2.75, 3.05) is 12.0 Å².